The number of carbonyl (C=O) groups excluding carboxylic acids is 1. The normalized spacial score (nSPS) is 22.2. The molecule has 2 aliphatic rings. The van der Waals surface area contributed by atoms with Crippen molar-refractivity contribution in [1.82, 2.24) is 0 Å². The Hall–Kier alpha value is -1.55. The lowest BCUT2D eigenvalue weighted by Gasteiger charge is -2.23. The first-order chi connectivity index (χ1) is 11.1. The Balaban J connectivity index is 1.82. The van der Waals surface area contributed by atoms with E-state index in [1.807, 2.05) is 12.1 Å². The Morgan fingerprint density at radius 2 is 1.83 bits per heavy atom. The number of benzene rings is 1. The molecule has 1 aromatic carbocycles. The lowest BCUT2D eigenvalue weighted by molar-refractivity contribution is 0.0994. The van der Waals surface area contributed by atoms with Crippen LogP contribution in [-0.2, 0) is 6.42 Å². The number of rotatable bonds is 4. The molecule has 1 amide bonds. The van der Waals surface area contributed by atoms with Gasteiger partial charge in [0.2, 0.25) is 0 Å². The Labute approximate surface area is 138 Å². The third-order valence-electron chi connectivity index (χ3n) is 5.32. The average Bonchev–Trinajstić information content (AvgIpc) is 2.74. The van der Waals surface area contributed by atoms with Gasteiger partial charge in [-0.3, -0.25) is 4.79 Å². The Morgan fingerprint density at radius 1 is 1.09 bits per heavy atom. The van der Waals surface area contributed by atoms with E-state index in [2.05, 4.69) is 0 Å². The Kier molecular flexibility index (Phi) is 5.21. The minimum Gasteiger partial charge on any atom is -0.492 e. The molecule has 4 N–H and O–H groups in total. The fraction of sp³-hybridized carbons (Fsp3) is 0.632. The van der Waals surface area contributed by atoms with Crippen LogP contribution in [0.2, 0.25) is 0 Å². The number of hydrogen-bond acceptors (Lipinski definition) is 3. The number of hydrogen-bond donors (Lipinski definition) is 2. The fourth-order valence-electron chi connectivity index (χ4n) is 3.91. The summed E-state index contributed by atoms with van der Waals surface area (Å²) in [6, 6.07) is 3.89. The maximum Gasteiger partial charge on any atom is 0.252 e. The molecule has 0 heterocycles. The molecule has 1 atom stereocenters. The van der Waals surface area contributed by atoms with Crippen molar-refractivity contribution in [2.45, 2.75) is 63.8 Å². The third kappa shape index (κ3) is 3.86. The second-order valence-electron chi connectivity index (χ2n) is 7.08. The first kappa shape index (κ1) is 16.3. The van der Waals surface area contributed by atoms with Gasteiger partial charge in [0.15, 0.2) is 0 Å². The van der Waals surface area contributed by atoms with Crippen LogP contribution in [0, 0.1) is 5.92 Å². The molecule has 1 fully saturated rings. The number of carbonyl (C=O) groups is 1. The van der Waals surface area contributed by atoms with E-state index >= 15 is 0 Å². The summed E-state index contributed by atoms with van der Waals surface area (Å²) in [5.41, 5.74) is 14.6. The molecular weight excluding hydrogens is 288 g/mol. The SMILES string of the molecule is NC(=O)c1cc2c(cc1OCC1CCCCC1)CCCC[C@@H]2N. The molecule has 0 aliphatic heterocycles. The number of fused-ring (bicyclic) bond motifs is 1. The Bertz CT molecular complexity index is 565. The van der Waals surface area contributed by atoms with E-state index in [1.54, 1.807) is 0 Å². The molecular formula is C19H28N2O2. The molecule has 23 heavy (non-hydrogen) atoms. The van der Waals surface area contributed by atoms with Crippen molar-refractivity contribution in [2.75, 3.05) is 6.61 Å². The van der Waals surface area contributed by atoms with Gasteiger partial charge in [-0.05, 0) is 61.3 Å². The van der Waals surface area contributed by atoms with Crippen LogP contribution in [0.4, 0.5) is 0 Å². The van der Waals surface area contributed by atoms with Gasteiger partial charge in [0, 0.05) is 6.04 Å². The highest BCUT2D eigenvalue weighted by atomic mass is 16.5. The molecule has 0 spiro atoms. The van der Waals surface area contributed by atoms with E-state index < -0.39 is 5.91 Å². The first-order valence-corrected chi connectivity index (χ1v) is 9.00. The predicted octanol–water partition coefficient (Wildman–Crippen LogP) is 3.47. The Morgan fingerprint density at radius 3 is 2.57 bits per heavy atom. The van der Waals surface area contributed by atoms with Crippen LogP contribution < -0.4 is 16.2 Å². The van der Waals surface area contributed by atoms with Gasteiger partial charge in [-0.15, -0.1) is 0 Å². The molecule has 4 nitrogen and oxygen atoms in total. The van der Waals surface area contributed by atoms with E-state index in [9.17, 15) is 4.79 Å². The van der Waals surface area contributed by atoms with Gasteiger partial charge in [-0.25, -0.2) is 0 Å². The van der Waals surface area contributed by atoms with Gasteiger partial charge in [0.1, 0.15) is 5.75 Å². The highest BCUT2D eigenvalue weighted by Gasteiger charge is 2.22. The molecule has 0 unspecified atom stereocenters. The maximum atomic E-state index is 11.9. The van der Waals surface area contributed by atoms with Crippen molar-refractivity contribution in [2.24, 2.45) is 17.4 Å². The topological polar surface area (TPSA) is 78.3 Å². The average molecular weight is 316 g/mol. The van der Waals surface area contributed by atoms with E-state index in [-0.39, 0.29) is 6.04 Å². The molecule has 1 aromatic rings. The number of amides is 1. The van der Waals surface area contributed by atoms with Gasteiger partial charge in [0.25, 0.3) is 5.91 Å². The van der Waals surface area contributed by atoms with Crippen molar-refractivity contribution >= 4 is 5.91 Å². The van der Waals surface area contributed by atoms with Gasteiger partial charge in [-0.1, -0.05) is 25.7 Å². The molecule has 0 radical (unpaired) electrons. The van der Waals surface area contributed by atoms with E-state index in [1.165, 1.54) is 37.7 Å². The van der Waals surface area contributed by atoms with Crippen molar-refractivity contribution in [3.63, 3.8) is 0 Å². The summed E-state index contributed by atoms with van der Waals surface area (Å²) < 4.78 is 6.04. The van der Waals surface area contributed by atoms with Crippen LogP contribution >= 0.6 is 0 Å². The second-order valence-corrected chi connectivity index (χ2v) is 7.08. The number of nitrogens with two attached hydrogens (primary N) is 2. The second kappa shape index (κ2) is 7.35. The molecule has 0 bridgehead atoms. The van der Waals surface area contributed by atoms with Crippen molar-refractivity contribution in [1.29, 1.82) is 0 Å². The summed E-state index contributed by atoms with van der Waals surface area (Å²) in [5, 5.41) is 0. The number of aryl methyl sites for hydroxylation is 1. The van der Waals surface area contributed by atoms with Crippen molar-refractivity contribution < 1.29 is 9.53 Å². The zero-order chi connectivity index (χ0) is 16.2. The summed E-state index contributed by atoms with van der Waals surface area (Å²) in [6.07, 6.45) is 10.6. The van der Waals surface area contributed by atoms with Gasteiger partial charge in [0.05, 0.1) is 12.2 Å². The molecule has 1 saturated carbocycles. The van der Waals surface area contributed by atoms with Crippen LogP contribution in [0.1, 0.15) is 78.9 Å². The van der Waals surface area contributed by atoms with Gasteiger partial charge < -0.3 is 16.2 Å². The predicted molar refractivity (Wildman–Crippen MR) is 91.5 cm³/mol. The highest BCUT2D eigenvalue weighted by molar-refractivity contribution is 5.96. The first-order valence-electron chi connectivity index (χ1n) is 9.00. The summed E-state index contributed by atoms with van der Waals surface area (Å²) in [5.74, 6) is 0.823. The van der Waals surface area contributed by atoms with E-state index in [0.29, 0.717) is 23.8 Å². The third-order valence-corrected chi connectivity index (χ3v) is 5.32. The molecule has 126 valence electrons. The smallest absolute Gasteiger partial charge is 0.252 e. The molecule has 0 saturated heterocycles. The van der Waals surface area contributed by atoms with E-state index in [4.69, 9.17) is 16.2 Å². The minimum absolute atomic E-state index is 0.00186. The highest BCUT2D eigenvalue weighted by Crippen LogP contribution is 2.33. The van der Waals surface area contributed by atoms with Crippen LogP contribution in [-0.4, -0.2) is 12.5 Å². The molecule has 0 aromatic heterocycles. The van der Waals surface area contributed by atoms with Crippen molar-refractivity contribution in [3.8, 4) is 5.75 Å². The summed E-state index contributed by atoms with van der Waals surface area (Å²) >= 11 is 0. The van der Waals surface area contributed by atoms with Crippen LogP contribution in [0.5, 0.6) is 5.75 Å². The minimum atomic E-state index is -0.428. The maximum absolute atomic E-state index is 11.9. The summed E-state index contributed by atoms with van der Waals surface area (Å²) in [7, 11) is 0. The quantitative estimate of drug-likeness (QED) is 0.835. The van der Waals surface area contributed by atoms with Crippen molar-refractivity contribution in [3.05, 3.63) is 28.8 Å². The molecule has 2 aliphatic carbocycles. The van der Waals surface area contributed by atoms with E-state index in [0.717, 1.165) is 31.2 Å². The van der Waals surface area contributed by atoms with Gasteiger partial charge >= 0.3 is 0 Å². The molecule has 3 rings (SSSR count). The summed E-state index contributed by atoms with van der Waals surface area (Å²) in [4.78, 5) is 11.9. The fourth-order valence-corrected chi connectivity index (χ4v) is 3.91. The largest absolute Gasteiger partial charge is 0.492 e. The van der Waals surface area contributed by atoms with Crippen LogP contribution in [0.15, 0.2) is 12.1 Å². The lowest BCUT2D eigenvalue weighted by atomic mass is 9.90. The van der Waals surface area contributed by atoms with Gasteiger partial charge in [-0.2, -0.15) is 0 Å². The lowest BCUT2D eigenvalue weighted by Crippen LogP contribution is -2.20. The zero-order valence-electron chi connectivity index (χ0n) is 13.9. The summed E-state index contributed by atoms with van der Waals surface area (Å²) in [6.45, 7) is 0.686. The molecule has 4 heteroatoms. The zero-order valence-corrected chi connectivity index (χ0v) is 13.9. The monoisotopic (exact) mass is 316 g/mol. The standard InChI is InChI=1S/C19H28N2O2/c20-17-9-5-4-8-14-10-18(16(19(21)22)11-15(14)17)23-12-13-6-2-1-3-7-13/h10-11,13,17H,1-9,12,20H2,(H2,21,22)/t17-/m0/s1. The van der Waals surface area contributed by atoms with Crippen LogP contribution in [0.25, 0.3) is 0 Å². The van der Waals surface area contributed by atoms with Crippen LogP contribution in [0.3, 0.4) is 0 Å². The number of ether oxygens (including phenoxy) is 1. The number of primary amides is 1.